The Morgan fingerprint density at radius 3 is 2.52 bits per heavy atom. The van der Waals surface area contributed by atoms with E-state index in [-0.39, 0.29) is 23.3 Å². The molecule has 0 saturated carbocycles. The van der Waals surface area contributed by atoms with Crippen molar-refractivity contribution in [2.45, 2.75) is 12.1 Å². The van der Waals surface area contributed by atoms with Crippen molar-refractivity contribution in [3.8, 4) is 0 Å². The molecule has 0 unspecified atom stereocenters. The van der Waals surface area contributed by atoms with E-state index in [1.165, 1.54) is 17.7 Å². The van der Waals surface area contributed by atoms with Gasteiger partial charge in [0.2, 0.25) is 0 Å². The van der Waals surface area contributed by atoms with Crippen molar-refractivity contribution >= 4 is 5.82 Å². The van der Waals surface area contributed by atoms with Gasteiger partial charge >= 0.3 is 5.69 Å². The Labute approximate surface area is 133 Å². The second-order valence-corrected chi connectivity index (χ2v) is 6.13. The molecule has 1 saturated heterocycles. The first kappa shape index (κ1) is 15.5. The highest BCUT2D eigenvalue weighted by molar-refractivity contribution is 5.41. The number of hydrogen-bond donors (Lipinski definition) is 0. The standard InChI is InChI=1S/C14H21N7O2/c1-17(2)10-8-20(9-11(10)21-6-5-15-16-21)12-7-13(22)19(4)14(23)18(12)3/h5-7,10-11H,8-9H2,1-4H3/t10-,11+/m1/s1. The Hall–Kier alpha value is -2.42. The molecule has 2 aromatic heterocycles. The minimum atomic E-state index is -0.321. The SMILES string of the molecule is CN(C)[C@@H]1CN(c2cc(=O)n(C)c(=O)n2C)C[C@@H]1n1ccnn1. The van der Waals surface area contributed by atoms with Crippen LogP contribution >= 0.6 is 0 Å². The Morgan fingerprint density at radius 1 is 1.17 bits per heavy atom. The van der Waals surface area contributed by atoms with Crippen LogP contribution in [0.4, 0.5) is 5.82 Å². The molecule has 3 rings (SSSR count). The van der Waals surface area contributed by atoms with Gasteiger partial charge in [-0.15, -0.1) is 5.10 Å². The summed E-state index contributed by atoms with van der Waals surface area (Å²) in [4.78, 5) is 28.3. The molecule has 0 radical (unpaired) electrons. The van der Waals surface area contributed by atoms with Gasteiger partial charge in [-0.3, -0.25) is 13.9 Å². The molecule has 2 atom stereocenters. The summed E-state index contributed by atoms with van der Waals surface area (Å²) in [6.07, 6.45) is 3.50. The lowest BCUT2D eigenvalue weighted by atomic mass is 10.1. The zero-order valence-electron chi connectivity index (χ0n) is 13.7. The van der Waals surface area contributed by atoms with Crippen LogP contribution in [0.2, 0.25) is 0 Å². The van der Waals surface area contributed by atoms with Crippen LogP contribution in [0.15, 0.2) is 28.0 Å². The van der Waals surface area contributed by atoms with Crippen LogP contribution in [0.1, 0.15) is 6.04 Å². The molecule has 0 aromatic carbocycles. The van der Waals surface area contributed by atoms with Crippen LogP contribution in [0, 0.1) is 0 Å². The summed E-state index contributed by atoms with van der Waals surface area (Å²) in [7, 11) is 7.20. The van der Waals surface area contributed by atoms with Gasteiger partial charge in [0.1, 0.15) is 5.82 Å². The van der Waals surface area contributed by atoms with Gasteiger partial charge in [-0.2, -0.15) is 0 Å². The summed E-state index contributed by atoms with van der Waals surface area (Å²) in [5.41, 5.74) is -0.619. The third-order valence-corrected chi connectivity index (χ3v) is 4.53. The van der Waals surface area contributed by atoms with Crippen LogP contribution in [0.5, 0.6) is 0 Å². The molecule has 2 aromatic rings. The molecular formula is C14H21N7O2. The maximum Gasteiger partial charge on any atom is 0.332 e. The average molecular weight is 319 g/mol. The number of hydrogen-bond acceptors (Lipinski definition) is 6. The molecule has 0 aliphatic carbocycles. The van der Waals surface area contributed by atoms with E-state index in [4.69, 9.17) is 0 Å². The highest BCUT2D eigenvalue weighted by Gasteiger charge is 2.37. The quantitative estimate of drug-likeness (QED) is 0.697. The van der Waals surface area contributed by atoms with Crippen molar-refractivity contribution in [3.05, 3.63) is 39.3 Å². The van der Waals surface area contributed by atoms with Gasteiger partial charge in [-0.25, -0.2) is 9.48 Å². The fourth-order valence-corrected chi connectivity index (χ4v) is 3.14. The minimum Gasteiger partial charge on any atom is -0.354 e. The first-order chi connectivity index (χ1) is 10.9. The van der Waals surface area contributed by atoms with E-state index in [0.29, 0.717) is 18.9 Å². The van der Waals surface area contributed by atoms with Crippen LogP contribution < -0.4 is 16.1 Å². The van der Waals surface area contributed by atoms with Gasteiger partial charge in [-0.1, -0.05) is 5.21 Å². The van der Waals surface area contributed by atoms with Gasteiger partial charge in [0.25, 0.3) is 5.56 Å². The molecule has 0 amide bonds. The molecule has 3 heterocycles. The van der Waals surface area contributed by atoms with Crippen molar-refractivity contribution in [1.29, 1.82) is 0 Å². The highest BCUT2D eigenvalue weighted by atomic mass is 16.2. The first-order valence-electron chi connectivity index (χ1n) is 7.44. The van der Waals surface area contributed by atoms with Gasteiger partial charge < -0.3 is 9.80 Å². The van der Waals surface area contributed by atoms with Gasteiger partial charge in [0.05, 0.1) is 18.3 Å². The molecule has 0 spiro atoms. The summed E-state index contributed by atoms with van der Waals surface area (Å²) in [6.45, 7) is 1.37. The largest absolute Gasteiger partial charge is 0.354 e. The third-order valence-electron chi connectivity index (χ3n) is 4.53. The van der Waals surface area contributed by atoms with E-state index in [1.54, 1.807) is 13.2 Å². The first-order valence-corrected chi connectivity index (χ1v) is 7.44. The van der Waals surface area contributed by atoms with Crippen molar-refractivity contribution in [2.75, 3.05) is 32.1 Å². The molecule has 0 bridgehead atoms. The van der Waals surface area contributed by atoms with E-state index >= 15 is 0 Å². The summed E-state index contributed by atoms with van der Waals surface area (Å²) in [5.74, 6) is 0.632. The van der Waals surface area contributed by atoms with Gasteiger partial charge in [-0.05, 0) is 14.1 Å². The molecule has 9 heteroatoms. The Morgan fingerprint density at radius 2 is 1.91 bits per heavy atom. The zero-order chi connectivity index (χ0) is 16.7. The van der Waals surface area contributed by atoms with E-state index in [2.05, 4.69) is 20.1 Å². The Bertz CT molecular complexity index is 806. The highest BCUT2D eigenvalue weighted by Crippen LogP contribution is 2.27. The number of nitrogens with zero attached hydrogens (tertiary/aromatic N) is 7. The molecule has 1 fully saturated rings. The van der Waals surface area contributed by atoms with Crippen LogP contribution in [-0.4, -0.2) is 62.3 Å². The molecule has 1 aliphatic heterocycles. The molecule has 9 nitrogen and oxygen atoms in total. The molecule has 124 valence electrons. The smallest absolute Gasteiger partial charge is 0.332 e. The van der Waals surface area contributed by atoms with Crippen LogP contribution in [0.3, 0.4) is 0 Å². The lowest BCUT2D eigenvalue weighted by Crippen LogP contribution is -2.40. The normalized spacial score (nSPS) is 21.3. The molecule has 1 aliphatic rings. The average Bonchev–Trinajstić information content (AvgIpc) is 3.17. The number of aromatic nitrogens is 5. The maximum absolute atomic E-state index is 12.2. The van der Waals surface area contributed by atoms with Crippen molar-refractivity contribution in [2.24, 2.45) is 14.1 Å². The zero-order valence-corrected chi connectivity index (χ0v) is 13.7. The Kier molecular flexibility index (Phi) is 3.80. The van der Waals surface area contributed by atoms with E-state index < -0.39 is 0 Å². The lowest BCUT2D eigenvalue weighted by molar-refractivity contribution is 0.243. The van der Waals surface area contributed by atoms with E-state index in [9.17, 15) is 9.59 Å². The minimum absolute atomic E-state index is 0.103. The number of anilines is 1. The van der Waals surface area contributed by atoms with E-state index in [0.717, 1.165) is 4.57 Å². The molecule has 23 heavy (non-hydrogen) atoms. The van der Waals surface area contributed by atoms with Crippen molar-refractivity contribution in [1.82, 2.24) is 29.0 Å². The van der Waals surface area contributed by atoms with Crippen LogP contribution in [-0.2, 0) is 14.1 Å². The number of rotatable bonds is 3. The predicted molar refractivity (Wildman–Crippen MR) is 85.7 cm³/mol. The third kappa shape index (κ3) is 2.56. The molecular weight excluding hydrogens is 298 g/mol. The Balaban J connectivity index is 2.00. The van der Waals surface area contributed by atoms with Gasteiger partial charge in [0.15, 0.2) is 0 Å². The summed E-state index contributed by atoms with van der Waals surface area (Å²) < 4.78 is 4.46. The van der Waals surface area contributed by atoms with Gasteiger partial charge in [0, 0.05) is 39.4 Å². The summed E-state index contributed by atoms with van der Waals surface area (Å²) >= 11 is 0. The second kappa shape index (κ2) is 5.65. The maximum atomic E-state index is 12.2. The van der Waals surface area contributed by atoms with Crippen LogP contribution in [0.25, 0.3) is 0 Å². The summed E-state index contributed by atoms with van der Waals surface area (Å²) in [5, 5.41) is 7.99. The molecule has 0 N–H and O–H groups in total. The fraction of sp³-hybridized carbons (Fsp3) is 0.571. The monoisotopic (exact) mass is 319 g/mol. The topological polar surface area (TPSA) is 81.2 Å². The van der Waals surface area contributed by atoms with Crippen molar-refractivity contribution in [3.63, 3.8) is 0 Å². The van der Waals surface area contributed by atoms with Crippen molar-refractivity contribution < 1.29 is 0 Å². The predicted octanol–water partition coefficient (Wildman–Crippen LogP) is -1.33. The second-order valence-electron chi connectivity index (χ2n) is 6.13. The lowest BCUT2D eigenvalue weighted by Gasteiger charge is -2.24. The number of likely N-dealkylation sites (N-methyl/N-ethyl adjacent to an activating group) is 1. The fourth-order valence-electron chi connectivity index (χ4n) is 3.14. The summed E-state index contributed by atoms with van der Waals surface area (Å²) in [6, 6.07) is 1.82. The van der Waals surface area contributed by atoms with E-state index in [1.807, 2.05) is 25.0 Å².